The normalized spacial score (nSPS) is 26.2. The van der Waals surface area contributed by atoms with E-state index in [-0.39, 0.29) is 40.6 Å². The number of nitrogens with one attached hydrogen (secondary N) is 1. The average molecular weight is 753 g/mol. The highest BCUT2D eigenvalue weighted by atomic mass is 35.5. The van der Waals surface area contributed by atoms with Gasteiger partial charge in [-0.3, -0.25) is 29.5 Å². The predicted molar refractivity (Wildman–Crippen MR) is 195 cm³/mol. The third-order valence-corrected chi connectivity index (χ3v) is 11.7. The lowest BCUT2D eigenvalue weighted by molar-refractivity contribution is -0.138. The van der Waals surface area contributed by atoms with E-state index < -0.39 is 64.6 Å². The van der Waals surface area contributed by atoms with Gasteiger partial charge in [0, 0.05) is 10.9 Å². The molecule has 4 aromatic rings. The Morgan fingerprint density at radius 2 is 1.62 bits per heavy atom. The molecule has 6 unspecified atom stereocenters. The van der Waals surface area contributed by atoms with E-state index in [0.29, 0.717) is 21.9 Å². The van der Waals surface area contributed by atoms with Crippen LogP contribution in [0.1, 0.15) is 40.2 Å². The van der Waals surface area contributed by atoms with E-state index in [4.69, 9.17) is 27.9 Å². The number of rotatable bonds is 7. The van der Waals surface area contributed by atoms with Crippen LogP contribution in [-0.4, -0.2) is 51.9 Å². The van der Waals surface area contributed by atoms with Crippen LogP contribution < -0.4 is 15.1 Å². The Morgan fingerprint density at radius 1 is 0.887 bits per heavy atom. The van der Waals surface area contributed by atoms with Crippen molar-refractivity contribution in [3.63, 3.8) is 0 Å². The van der Waals surface area contributed by atoms with E-state index in [1.165, 1.54) is 49.6 Å². The summed E-state index contributed by atoms with van der Waals surface area (Å²) in [5.74, 6) is -6.89. The number of ether oxygens (including phenoxy) is 1. The molecule has 11 nitrogen and oxygen atoms in total. The van der Waals surface area contributed by atoms with Gasteiger partial charge in [-0.15, -0.1) is 0 Å². The van der Waals surface area contributed by atoms with Crippen molar-refractivity contribution in [2.75, 3.05) is 17.4 Å². The number of aromatic hydroxyl groups is 1. The summed E-state index contributed by atoms with van der Waals surface area (Å²) in [6.45, 7) is 0. The van der Waals surface area contributed by atoms with Crippen LogP contribution in [0.2, 0.25) is 10.0 Å². The van der Waals surface area contributed by atoms with Crippen molar-refractivity contribution in [3.8, 4) is 11.5 Å². The van der Waals surface area contributed by atoms with Crippen molar-refractivity contribution in [2.24, 2.45) is 23.7 Å². The molecule has 0 spiro atoms. The topological polar surface area (TPSA) is 154 Å². The smallest absolute Gasteiger partial charge is 0.335 e. The summed E-state index contributed by atoms with van der Waals surface area (Å²) in [7, 11) is 1.52. The Labute approximate surface area is 313 Å². The Morgan fingerprint density at radius 3 is 2.30 bits per heavy atom. The van der Waals surface area contributed by atoms with Crippen molar-refractivity contribution < 1.29 is 38.9 Å². The molecule has 2 saturated heterocycles. The molecule has 3 N–H and O–H groups in total. The molecule has 0 bridgehead atoms. The first-order valence-corrected chi connectivity index (χ1v) is 17.7. The summed E-state index contributed by atoms with van der Waals surface area (Å²) in [4.78, 5) is 71.5. The Bertz CT molecular complexity index is 2260. The first-order valence-electron chi connectivity index (χ1n) is 16.9. The van der Waals surface area contributed by atoms with Crippen LogP contribution >= 0.6 is 23.2 Å². The lowest BCUT2D eigenvalue weighted by Gasteiger charge is -2.50. The van der Waals surface area contributed by atoms with Crippen LogP contribution in [0.4, 0.5) is 11.4 Å². The average Bonchev–Trinajstić information content (AvgIpc) is 3.53. The van der Waals surface area contributed by atoms with Crippen LogP contribution in [0, 0.1) is 23.7 Å². The van der Waals surface area contributed by atoms with Gasteiger partial charge in [-0.05, 0) is 90.6 Å². The Kier molecular flexibility index (Phi) is 8.31. The number of phenols is 1. The van der Waals surface area contributed by atoms with Gasteiger partial charge in [-0.1, -0.05) is 65.2 Å². The number of fused-ring (bicyclic) bond motifs is 4. The maximum absolute atomic E-state index is 15.3. The van der Waals surface area contributed by atoms with Gasteiger partial charge < -0.3 is 14.9 Å². The quantitative estimate of drug-likeness (QED) is 0.140. The summed E-state index contributed by atoms with van der Waals surface area (Å²) in [5.41, 5.74) is 3.63. The summed E-state index contributed by atoms with van der Waals surface area (Å²) >= 11 is 12.7. The van der Waals surface area contributed by atoms with Gasteiger partial charge in [-0.2, -0.15) is 5.01 Å². The van der Waals surface area contributed by atoms with Crippen LogP contribution in [0.25, 0.3) is 0 Å². The molecule has 2 aliphatic heterocycles. The number of hydrogen-bond acceptors (Lipinski definition) is 8. The minimum atomic E-state index is -1.55. The highest BCUT2D eigenvalue weighted by Crippen LogP contribution is 2.64. The van der Waals surface area contributed by atoms with E-state index in [2.05, 4.69) is 5.43 Å². The zero-order valence-electron chi connectivity index (χ0n) is 28.0. The number of methoxy groups -OCH3 is 1. The molecule has 2 heterocycles. The molecule has 0 radical (unpaired) electrons. The maximum Gasteiger partial charge on any atom is 0.335 e. The standard InChI is InChI=1S/C40H31Cl2N3O8/c1-53-26-12-7-22(8-13-26)40-30(36(48)45(39(40)52)43-32-16-9-23(41)18-31(32)42)19-29-27(34(40)20-5-10-25(46)11-6-20)14-15-28-33(29)37(49)44(35(28)47)24-4-2-3-21(17-24)38(50)51/h2-14,16-18,28-30,33-34,43,46H,15,19H2,1H3,(H,50,51). The third kappa shape index (κ3) is 5.20. The van der Waals surface area contributed by atoms with Gasteiger partial charge in [0.25, 0.3) is 11.8 Å². The predicted octanol–water partition coefficient (Wildman–Crippen LogP) is 6.60. The fourth-order valence-electron chi connectivity index (χ4n) is 8.92. The minimum Gasteiger partial charge on any atom is -0.508 e. The zero-order valence-corrected chi connectivity index (χ0v) is 29.5. The second kappa shape index (κ2) is 12.8. The molecule has 1 saturated carbocycles. The number of carbonyl (C=O) groups excluding carboxylic acids is 4. The molecule has 53 heavy (non-hydrogen) atoms. The molecule has 4 amide bonds. The molecule has 268 valence electrons. The SMILES string of the molecule is COc1ccc(C23C(=O)N(Nc4ccc(Cl)cc4Cl)C(=O)C2CC2C(=CCC4C(=O)N(c5cccc(C(=O)O)c5)C(=O)C42)C3c2ccc(O)cc2)cc1. The fourth-order valence-corrected chi connectivity index (χ4v) is 9.37. The van der Waals surface area contributed by atoms with Crippen molar-refractivity contribution >= 4 is 64.2 Å². The van der Waals surface area contributed by atoms with Crippen LogP contribution in [0.15, 0.2) is 103 Å². The molecule has 4 aliphatic rings. The number of nitrogens with zero attached hydrogens (tertiary/aromatic N) is 2. The highest BCUT2D eigenvalue weighted by molar-refractivity contribution is 6.36. The monoisotopic (exact) mass is 751 g/mol. The number of halogens is 2. The number of benzene rings is 4. The molecule has 6 atom stereocenters. The summed E-state index contributed by atoms with van der Waals surface area (Å²) < 4.78 is 5.44. The number of carbonyl (C=O) groups is 5. The number of anilines is 2. The lowest BCUT2D eigenvalue weighted by atomic mass is 9.49. The number of hydrazine groups is 1. The van der Waals surface area contributed by atoms with Gasteiger partial charge in [0.1, 0.15) is 11.5 Å². The number of imide groups is 2. The second-order valence-electron chi connectivity index (χ2n) is 13.7. The fraction of sp³-hybridized carbons (Fsp3) is 0.225. The van der Waals surface area contributed by atoms with E-state index in [0.717, 1.165) is 15.5 Å². The summed E-state index contributed by atoms with van der Waals surface area (Å²) in [6, 6.07) is 23.7. The molecule has 13 heteroatoms. The first kappa shape index (κ1) is 34.4. The van der Waals surface area contributed by atoms with Crippen LogP contribution in [0.3, 0.4) is 0 Å². The number of aromatic carboxylic acids is 1. The number of allylic oxidation sites excluding steroid dienone is 2. The zero-order chi connectivity index (χ0) is 37.3. The van der Waals surface area contributed by atoms with Crippen LogP contribution in [0.5, 0.6) is 11.5 Å². The number of carboxylic acids is 1. The number of hydrogen-bond donors (Lipinski definition) is 3. The highest BCUT2D eigenvalue weighted by Gasteiger charge is 2.70. The van der Waals surface area contributed by atoms with Crippen LogP contribution in [-0.2, 0) is 24.6 Å². The molecule has 3 fully saturated rings. The largest absolute Gasteiger partial charge is 0.508 e. The number of amides is 4. The maximum atomic E-state index is 15.3. The number of carboxylic acid groups (broad SMARTS) is 1. The third-order valence-electron chi connectivity index (χ3n) is 11.2. The molecule has 8 rings (SSSR count). The lowest BCUT2D eigenvalue weighted by Crippen LogP contribution is -2.53. The van der Waals surface area contributed by atoms with E-state index in [1.807, 2.05) is 6.08 Å². The van der Waals surface area contributed by atoms with E-state index in [1.54, 1.807) is 48.5 Å². The van der Waals surface area contributed by atoms with Gasteiger partial charge in [-0.25, -0.2) is 4.79 Å². The van der Waals surface area contributed by atoms with Gasteiger partial charge in [0.05, 0.1) is 52.2 Å². The molecular formula is C40H31Cl2N3O8. The van der Waals surface area contributed by atoms with Crippen molar-refractivity contribution in [3.05, 3.63) is 129 Å². The van der Waals surface area contributed by atoms with E-state index in [9.17, 15) is 29.4 Å². The second-order valence-corrected chi connectivity index (χ2v) is 14.5. The minimum absolute atomic E-state index is 0.000793. The summed E-state index contributed by atoms with van der Waals surface area (Å²) in [6.07, 6.45) is 2.14. The Balaban J connectivity index is 1.31. The molecular weight excluding hydrogens is 721 g/mol. The van der Waals surface area contributed by atoms with E-state index >= 15 is 4.79 Å². The summed E-state index contributed by atoms with van der Waals surface area (Å²) in [5, 5.41) is 21.5. The van der Waals surface area contributed by atoms with Crippen molar-refractivity contribution in [1.82, 2.24) is 5.01 Å². The van der Waals surface area contributed by atoms with Gasteiger partial charge >= 0.3 is 5.97 Å². The van der Waals surface area contributed by atoms with Gasteiger partial charge in [0.15, 0.2) is 0 Å². The first-order chi connectivity index (χ1) is 25.4. The molecule has 2 aliphatic carbocycles. The molecule has 4 aromatic carbocycles. The van der Waals surface area contributed by atoms with Crippen molar-refractivity contribution in [2.45, 2.75) is 24.2 Å². The molecule has 0 aromatic heterocycles. The van der Waals surface area contributed by atoms with Crippen molar-refractivity contribution in [1.29, 1.82) is 0 Å². The Hall–Kier alpha value is -5.65. The van der Waals surface area contributed by atoms with Gasteiger partial charge in [0.2, 0.25) is 11.8 Å². The number of phenolic OH excluding ortho intramolecular Hbond substituents is 1.